The van der Waals surface area contributed by atoms with Crippen LogP contribution in [-0.2, 0) is 4.79 Å². The summed E-state index contributed by atoms with van der Waals surface area (Å²) in [6, 6.07) is 7.99. The van der Waals surface area contributed by atoms with Crippen molar-refractivity contribution in [1.82, 2.24) is 4.90 Å². The van der Waals surface area contributed by atoms with E-state index in [0.29, 0.717) is 18.4 Å². The zero-order chi connectivity index (χ0) is 14.5. The minimum Gasteiger partial charge on any atom is -0.325 e. The lowest BCUT2D eigenvalue weighted by Crippen LogP contribution is -2.42. The van der Waals surface area contributed by atoms with Gasteiger partial charge in [0.2, 0.25) is 5.91 Å². The lowest BCUT2D eigenvalue weighted by atomic mass is 9.92. The first-order chi connectivity index (χ1) is 9.56. The summed E-state index contributed by atoms with van der Waals surface area (Å²) < 4.78 is 0. The van der Waals surface area contributed by atoms with Crippen molar-refractivity contribution in [1.29, 1.82) is 0 Å². The number of carbonyl (C=O) groups is 1. The Hall–Kier alpha value is -1.00. The minimum absolute atomic E-state index is 0.0875. The maximum absolute atomic E-state index is 12.1. The molecular formula is C16H24N2OS. The van der Waals surface area contributed by atoms with Crippen LogP contribution in [0.15, 0.2) is 29.2 Å². The molecule has 0 saturated carbocycles. The molecule has 1 N–H and O–H groups in total. The van der Waals surface area contributed by atoms with Gasteiger partial charge in [-0.1, -0.05) is 19.9 Å². The molecule has 3 nitrogen and oxygen atoms in total. The van der Waals surface area contributed by atoms with Crippen LogP contribution in [0.5, 0.6) is 0 Å². The fraction of sp³-hybridized carbons (Fsp3) is 0.562. The molecular weight excluding hydrogens is 268 g/mol. The fourth-order valence-electron chi connectivity index (χ4n) is 3.03. The number of hydrogen-bond acceptors (Lipinski definition) is 3. The second-order valence-electron chi connectivity index (χ2n) is 5.92. The number of anilines is 1. The van der Waals surface area contributed by atoms with Crippen molar-refractivity contribution >= 4 is 23.4 Å². The SMILES string of the molecule is CSc1cccc(NC(=O)CN2C[C@@H](C)C[C@H](C)C2)c1. The number of nitrogens with one attached hydrogen (secondary N) is 1. The first-order valence-corrected chi connectivity index (χ1v) is 8.45. The number of amides is 1. The Balaban J connectivity index is 1.88. The molecule has 1 fully saturated rings. The third kappa shape index (κ3) is 4.53. The van der Waals surface area contributed by atoms with Gasteiger partial charge in [0.15, 0.2) is 0 Å². The van der Waals surface area contributed by atoms with E-state index in [2.05, 4.69) is 24.1 Å². The van der Waals surface area contributed by atoms with Crippen molar-refractivity contribution in [3.8, 4) is 0 Å². The van der Waals surface area contributed by atoms with Gasteiger partial charge in [0.25, 0.3) is 0 Å². The number of thioether (sulfide) groups is 1. The monoisotopic (exact) mass is 292 g/mol. The maximum atomic E-state index is 12.1. The molecule has 20 heavy (non-hydrogen) atoms. The summed E-state index contributed by atoms with van der Waals surface area (Å²) in [5.41, 5.74) is 0.889. The number of benzene rings is 1. The molecule has 0 spiro atoms. The summed E-state index contributed by atoms with van der Waals surface area (Å²) in [6.07, 6.45) is 3.31. The Labute approximate surface area is 126 Å². The lowest BCUT2D eigenvalue weighted by molar-refractivity contribution is -0.117. The Morgan fingerprint density at radius 2 is 2.05 bits per heavy atom. The van der Waals surface area contributed by atoms with Gasteiger partial charge >= 0.3 is 0 Å². The zero-order valence-electron chi connectivity index (χ0n) is 12.6. The Kier molecular flexibility index (Phi) is 5.49. The molecule has 1 aliphatic heterocycles. The fourth-order valence-corrected chi connectivity index (χ4v) is 3.49. The minimum atomic E-state index is 0.0875. The van der Waals surface area contributed by atoms with Crippen molar-refractivity contribution in [2.24, 2.45) is 11.8 Å². The Morgan fingerprint density at radius 3 is 2.70 bits per heavy atom. The van der Waals surface area contributed by atoms with Crippen LogP contribution in [0.3, 0.4) is 0 Å². The third-order valence-electron chi connectivity index (χ3n) is 3.67. The van der Waals surface area contributed by atoms with Crippen LogP contribution < -0.4 is 5.32 Å². The molecule has 2 rings (SSSR count). The van der Waals surface area contributed by atoms with E-state index in [1.165, 1.54) is 11.3 Å². The highest BCUT2D eigenvalue weighted by atomic mass is 32.2. The van der Waals surface area contributed by atoms with E-state index in [1.54, 1.807) is 11.8 Å². The molecule has 1 saturated heterocycles. The summed E-state index contributed by atoms with van der Waals surface area (Å²) in [4.78, 5) is 15.6. The third-order valence-corrected chi connectivity index (χ3v) is 4.39. The van der Waals surface area contributed by atoms with Gasteiger partial charge in [-0.3, -0.25) is 9.69 Å². The predicted molar refractivity (Wildman–Crippen MR) is 86.2 cm³/mol. The van der Waals surface area contributed by atoms with Gasteiger partial charge in [-0.05, 0) is 42.7 Å². The number of rotatable bonds is 4. The van der Waals surface area contributed by atoms with Crippen molar-refractivity contribution < 1.29 is 4.79 Å². The molecule has 0 aliphatic carbocycles. The van der Waals surface area contributed by atoms with E-state index in [9.17, 15) is 4.79 Å². The number of hydrogen-bond donors (Lipinski definition) is 1. The van der Waals surface area contributed by atoms with E-state index >= 15 is 0 Å². The van der Waals surface area contributed by atoms with Crippen LogP contribution in [0.25, 0.3) is 0 Å². The van der Waals surface area contributed by atoms with Crippen molar-refractivity contribution in [3.05, 3.63) is 24.3 Å². The van der Waals surface area contributed by atoms with Gasteiger partial charge in [0, 0.05) is 23.7 Å². The molecule has 1 heterocycles. The summed E-state index contributed by atoms with van der Waals surface area (Å²) >= 11 is 1.68. The van der Waals surface area contributed by atoms with Crippen LogP contribution >= 0.6 is 11.8 Å². The van der Waals surface area contributed by atoms with Crippen LogP contribution in [0, 0.1) is 11.8 Å². The Morgan fingerprint density at radius 1 is 1.35 bits per heavy atom. The van der Waals surface area contributed by atoms with Gasteiger partial charge in [0.05, 0.1) is 6.54 Å². The summed E-state index contributed by atoms with van der Waals surface area (Å²) in [6.45, 7) is 7.09. The molecule has 2 atom stereocenters. The van der Waals surface area contributed by atoms with Crippen molar-refractivity contribution in [2.75, 3.05) is 31.2 Å². The van der Waals surface area contributed by atoms with Crippen molar-refractivity contribution in [2.45, 2.75) is 25.2 Å². The topological polar surface area (TPSA) is 32.3 Å². The van der Waals surface area contributed by atoms with Crippen LogP contribution in [0.4, 0.5) is 5.69 Å². The molecule has 4 heteroatoms. The average Bonchev–Trinajstić information content (AvgIpc) is 2.37. The van der Waals surface area contributed by atoms with Gasteiger partial charge in [0.1, 0.15) is 0 Å². The van der Waals surface area contributed by atoms with Crippen LogP contribution in [0.2, 0.25) is 0 Å². The Bertz CT molecular complexity index is 454. The number of carbonyl (C=O) groups excluding carboxylic acids is 1. The lowest BCUT2D eigenvalue weighted by Gasteiger charge is -2.34. The smallest absolute Gasteiger partial charge is 0.238 e. The molecule has 0 radical (unpaired) electrons. The molecule has 1 amide bonds. The van der Waals surface area contributed by atoms with E-state index in [4.69, 9.17) is 0 Å². The molecule has 1 aromatic carbocycles. The standard InChI is InChI=1S/C16H24N2OS/c1-12-7-13(2)10-18(9-12)11-16(19)17-14-5-4-6-15(8-14)20-3/h4-6,8,12-13H,7,9-11H2,1-3H3,(H,17,19)/t12-,13-/m0/s1. The van der Waals surface area contributed by atoms with Gasteiger partial charge in [-0.2, -0.15) is 0 Å². The molecule has 0 bridgehead atoms. The van der Waals surface area contributed by atoms with Gasteiger partial charge in [-0.25, -0.2) is 0 Å². The molecule has 110 valence electrons. The van der Waals surface area contributed by atoms with Crippen LogP contribution in [0.1, 0.15) is 20.3 Å². The molecule has 0 aromatic heterocycles. The highest BCUT2D eigenvalue weighted by molar-refractivity contribution is 7.98. The van der Waals surface area contributed by atoms with E-state index in [1.807, 2.05) is 30.5 Å². The number of piperidine rings is 1. The van der Waals surface area contributed by atoms with Gasteiger partial charge in [-0.15, -0.1) is 11.8 Å². The quantitative estimate of drug-likeness (QED) is 0.864. The number of nitrogens with zero attached hydrogens (tertiary/aromatic N) is 1. The van der Waals surface area contributed by atoms with Gasteiger partial charge < -0.3 is 5.32 Å². The summed E-state index contributed by atoms with van der Waals surface area (Å²) in [7, 11) is 0. The normalized spacial score (nSPS) is 23.6. The number of likely N-dealkylation sites (tertiary alicyclic amines) is 1. The highest BCUT2D eigenvalue weighted by Crippen LogP contribution is 2.21. The first-order valence-electron chi connectivity index (χ1n) is 7.23. The summed E-state index contributed by atoms with van der Waals surface area (Å²) in [5.74, 6) is 1.46. The predicted octanol–water partition coefficient (Wildman–Crippen LogP) is 3.32. The highest BCUT2D eigenvalue weighted by Gasteiger charge is 2.23. The second-order valence-corrected chi connectivity index (χ2v) is 6.80. The first kappa shape index (κ1) is 15.4. The van der Waals surface area contributed by atoms with Crippen molar-refractivity contribution in [3.63, 3.8) is 0 Å². The van der Waals surface area contributed by atoms with E-state index < -0.39 is 0 Å². The second kappa shape index (κ2) is 7.14. The maximum Gasteiger partial charge on any atom is 0.238 e. The zero-order valence-corrected chi connectivity index (χ0v) is 13.4. The van der Waals surface area contributed by atoms with E-state index in [-0.39, 0.29) is 5.91 Å². The average molecular weight is 292 g/mol. The molecule has 1 aliphatic rings. The molecule has 1 aromatic rings. The largest absolute Gasteiger partial charge is 0.325 e. The van der Waals surface area contributed by atoms with Crippen LogP contribution in [-0.4, -0.2) is 36.7 Å². The van der Waals surface area contributed by atoms with E-state index in [0.717, 1.165) is 18.8 Å². The summed E-state index contributed by atoms with van der Waals surface area (Å²) in [5, 5.41) is 3.00. The molecule has 0 unspecified atom stereocenters.